The van der Waals surface area contributed by atoms with Gasteiger partial charge in [-0.1, -0.05) is 69.3 Å². The van der Waals surface area contributed by atoms with Gasteiger partial charge in [-0.15, -0.1) is 0 Å². The summed E-state index contributed by atoms with van der Waals surface area (Å²) in [5.74, 6) is 3.11. The molecule has 7 rings (SSSR count). The van der Waals surface area contributed by atoms with Gasteiger partial charge in [0.2, 0.25) is 5.91 Å². The Morgan fingerprint density at radius 1 is 0.896 bits per heavy atom. The summed E-state index contributed by atoms with van der Waals surface area (Å²) >= 11 is 0. The van der Waals surface area contributed by atoms with E-state index in [2.05, 4.69) is 61.4 Å². The first kappa shape index (κ1) is 33.7. The number of hydrogen-bond donors (Lipinski definition) is 1. The minimum Gasteiger partial charge on any atom is -0.381 e. The third kappa shape index (κ3) is 5.60. The maximum atomic E-state index is 13.9. The lowest BCUT2D eigenvalue weighted by atomic mass is 9.43. The number of anilines is 1. The summed E-state index contributed by atoms with van der Waals surface area (Å²) in [6, 6.07) is 20.7. The van der Waals surface area contributed by atoms with E-state index >= 15 is 0 Å². The van der Waals surface area contributed by atoms with Gasteiger partial charge in [-0.25, -0.2) is 0 Å². The van der Waals surface area contributed by atoms with Crippen LogP contribution in [0.25, 0.3) is 10.9 Å². The summed E-state index contributed by atoms with van der Waals surface area (Å²) in [7, 11) is 5.78. The maximum absolute atomic E-state index is 13.9. The summed E-state index contributed by atoms with van der Waals surface area (Å²) in [5, 5.41) is 4.28. The smallest absolute Gasteiger partial charge is 0.225 e. The number of para-hydroxylation sites is 1. The number of carbonyl (C=O) groups is 1. The zero-order valence-electron chi connectivity index (χ0n) is 29.9. The minimum atomic E-state index is 0.00208. The van der Waals surface area contributed by atoms with Gasteiger partial charge >= 0.3 is 0 Å². The molecule has 3 aromatic rings. The topological polar surface area (TPSA) is 69.7 Å². The molecule has 1 aromatic heterocycles. The van der Waals surface area contributed by atoms with Crippen LogP contribution in [0.5, 0.6) is 0 Å². The second-order valence-corrected chi connectivity index (χ2v) is 16.2. The lowest BCUT2D eigenvalue weighted by Gasteiger charge is -2.64. The van der Waals surface area contributed by atoms with E-state index in [1.165, 1.54) is 18.4 Å². The van der Waals surface area contributed by atoms with Gasteiger partial charge in [0.15, 0.2) is 0 Å². The Balaban J connectivity index is 1.18. The average molecular weight is 653 g/mol. The molecule has 4 aliphatic carbocycles. The monoisotopic (exact) mass is 652 g/mol. The van der Waals surface area contributed by atoms with Gasteiger partial charge in [-0.05, 0) is 109 Å². The van der Waals surface area contributed by atoms with Gasteiger partial charge in [0.25, 0.3) is 0 Å². The molecule has 1 amide bonds. The van der Waals surface area contributed by atoms with Crippen LogP contribution < -0.4 is 5.32 Å². The molecule has 2 aromatic carbocycles. The Labute approximate surface area is 287 Å². The van der Waals surface area contributed by atoms with Crippen LogP contribution in [-0.2, 0) is 19.0 Å². The third-order valence-electron chi connectivity index (χ3n) is 14.5. The molecule has 6 heteroatoms. The van der Waals surface area contributed by atoms with Crippen molar-refractivity contribution in [2.24, 2.45) is 46.3 Å². The van der Waals surface area contributed by atoms with Crippen molar-refractivity contribution >= 4 is 22.5 Å². The zero-order valence-corrected chi connectivity index (χ0v) is 29.9. The third-order valence-corrected chi connectivity index (χ3v) is 14.5. The van der Waals surface area contributed by atoms with Gasteiger partial charge in [0.1, 0.15) is 0 Å². The van der Waals surface area contributed by atoms with E-state index in [4.69, 9.17) is 14.2 Å². The summed E-state index contributed by atoms with van der Waals surface area (Å²) in [5.41, 5.74) is 3.14. The van der Waals surface area contributed by atoms with Gasteiger partial charge in [-0.3, -0.25) is 9.78 Å². The number of rotatable bonds is 9. The molecule has 1 heterocycles. The molecule has 1 unspecified atom stereocenters. The van der Waals surface area contributed by atoms with Crippen molar-refractivity contribution in [2.75, 3.05) is 26.6 Å². The molecule has 4 saturated carbocycles. The van der Waals surface area contributed by atoms with Crippen molar-refractivity contribution in [3.8, 4) is 0 Å². The van der Waals surface area contributed by atoms with Gasteiger partial charge in [0.05, 0.1) is 29.5 Å². The lowest BCUT2D eigenvalue weighted by Crippen LogP contribution is -2.63. The summed E-state index contributed by atoms with van der Waals surface area (Å²) in [6.45, 7) is 7.55. The Bertz CT molecular complexity index is 1570. The quantitative estimate of drug-likeness (QED) is 0.250. The predicted octanol–water partition coefficient (Wildman–Crippen LogP) is 8.91. The first-order valence-corrected chi connectivity index (χ1v) is 18.5. The number of nitrogens with zero attached hydrogens (tertiary/aromatic N) is 1. The highest BCUT2D eigenvalue weighted by Crippen LogP contribution is 2.69. The van der Waals surface area contributed by atoms with Gasteiger partial charge < -0.3 is 19.5 Å². The van der Waals surface area contributed by atoms with E-state index in [1.54, 1.807) is 6.20 Å². The molecule has 48 heavy (non-hydrogen) atoms. The molecule has 4 fully saturated rings. The van der Waals surface area contributed by atoms with Crippen molar-refractivity contribution in [1.29, 1.82) is 0 Å². The summed E-state index contributed by atoms with van der Waals surface area (Å²) in [4.78, 5) is 18.5. The van der Waals surface area contributed by atoms with Crippen LogP contribution >= 0.6 is 0 Å². The molecule has 12 atom stereocenters. The maximum Gasteiger partial charge on any atom is 0.225 e. The van der Waals surface area contributed by atoms with Crippen LogP contribution in [0.1, 0.15) is 83.6 Å². The number of benzene rings is 2. The largest absolute Gasteiger partial charge is 0.381 e. The molecule has 258 valence electrons. The normalized spacial score (nSPS) is 37.2. The van der Waals surface area contributed by atoms with E-state index in [0.29, 0.717) is 42.1 Å². The first-order valence-electron chi connectivity index (χ1n) is 18.5. The average Bonchev–Trinajstić information content (AvgIpc) is 3.47. The molecular formula is C42H56N2O4. The molecule has 0 bridgehead atoms. The fourth-order valence-electron chi connectivity index (χ4n) is 12.0. The first-order chi connectivity index (χ1) is 23.2. The Hall–Kier alpha value is -2.80. The summed E-state index contributed by atoms with van der Waals surface area (Å²) < 4.78 is 19.0. The van der Waals surface area contributed by atoms with E-state index < -0.39 is 0 Å². The molecule has 0 spiro atoms. The lowest BCUT2D eigenvalue weighted by molar-refractivity contribution is -0.218. The van der Waals surface area contributed by atoms with Crippen LogP contribution in [0, 0.1) is 46.3 Å². The Morgan fingerprint density at radius 3 is 2.44 bits per heavy atom. The Kier molecular flexibility index (Phi) is 9.47. The molecule has 4 aliphatic rings. The molecular weight excluding hydrogens is 596 g/mol. The summed E-state index contributed by atoms with van der Waals surface area (Å²) in [6.07, 6.45) is 11.1. The van der Waals surface area contributed by atoms with Crippen LogP contribution in [0.4, 0.5) is 5.69 Å². The predicted molar refractivity (Wildman–Crippen MR) is 192 cm³/mol. The number of aromatic nitrogens is 1. The van der Waals surface area contributed by atoms with Crippen molar-refractivity contribution < 1.29 is 19.0 Å². The fraction of sp³-hybridized carbons (Fsp3) is 0.619. The number of carbonyl (C=O) groups excluding carboxylic acids is 1. The van der Waals surface area contributed by atoms with Crippen molar-refractivity contribution in [3.05, 3.63) is 72.4 Å². The second kappa shape index (κ2) is 13.5. The minimum absolute atomic E-state index is 0.00208. The number of methoxy groups -OCH3 is 3. The van der Waals surface area contributed by atoms with Gasteiger partial charge in [-0.2, -0.15) is 0 Å². The Morgan fingerprint density at radius 2 is 1.69 bits per heavy atom. The van der Waals surface area contributed by atoms with E-state index in [0.717, 1.165) is 48.7 Å². The SMILES string of the molecule is CO[C@@H]1CC[C@@]2(C)[C@@H](C1)C[C@@H](OC)[C@@H]1[C@@H]2C[C@H](OC)[C@]2(C)[C@@H]([C@H](C)C(CC(=O)Nc3cccc4cccnc34)c3ccccc3)CC[C@@H]12. The molecule has 6 nitrogen and oxygen atoms in total. The van der Waals surface area contributed by atoms with Crippen LogP contribution in [0.2, 0.25) is 0 Å². The number of hydrogen-bond acceptors (Lipinski definition) is 5. The number of pyridine rings is 1. The second-order valence-electron chi connectivity index (χ2n) is 16.2. The number of fused-ring (bicyclic) bond motifs is 6. The van der Waals surface area contributed by atoms with Crippen LogP contribution in [-0.4, -0.2) is 50.5 Å². The molecule has 0 aliphatic heterocycles. The highest BCUT2D eigenvalue weighted by molar-refractivity contribution is 6.00. The highest BCUT2D eigenvalue weighted by Gasteiger charge is 2.66. The highest BCUT2D eigenvalue weighted by atomic mass is 16.5. The fourth-order valence-corrected chi connectivity index (χ4v) is 12.0. The molecule has 0 saturated heterocycles. The number of amides is 1. The molecule has 1 N–H and O–H groups in total. The number of nitrogens with one attached hydrogen (secondary N) is 1. The number of ether oxygens (including phenoxy) is 3. The van der Waals surface area contributed by atoms with Crippen molar-refractivity contribution in [3.63, 3.8) is 0 Å². The zero-order chi connectivity index (χ0) is 33.6. The van der Waals surface area contributed by atoms with E-state index in [1.807, 2.05) is 51.7 Å². The van der Waals surface area contributed by atoms with Gasteiger partial charge in [0, 0.05) is 44.7 Å². The van der Waals surface area contributed by atoms with Crippen LogP contribution in [0.15, 0.2) is 66.9 Å². The van der Waals surface area contributed by atoms with E-state index in [9.17, 15) is 4.79 Å². The van der Waals surface area contributed by atoms with E-state index in [-0.39, 0.29) is 40.8 Å². The van der Waals surface area contributed by atoms with Crippen LogP contribution in [0.3, 0.4) is 0 Å². The standard InChI is InChI=1S/C42H56N2O4/c1-26(31(27-12-8-7-9-13-27)24-38(45)44-35-16-10-14-28-15-11-21-43-40(28)35)32-17-18-33-39-34(25-37(48-6)42(32,33)3)41(2)20-19-30(46-4)22-29(41)23-36(39)47-5/h7-16,21,26,29-34,36-37,39H,17-20,22-25H2,1-6H3,(H,44,45)/t26-,29+,30-,31?,32-,33+,34+,36-,37+,39+,41+,42-/m1/s1. The van der Waals surface area contributed by atoms with Crippen molar-refractivity contribution in [2.45, 2.75) is 96.4 Å². The molecule has 0 radical (unpaired) electrons. The van der Waals surface area contributed by atoms with Crippen molar-refractivity contribution in [1.82, 2.24) is 4.98 Å².